The van der Waals surface area contributed by atoms with E-state index in [1.165, 1.54) is 51.6 Å². The number of aliphatic imine (C=N–C) groups is 1. The van der Waals surface area contributed by atoms with Gasteiger partial charge in [-0.25, -0.2) is 0 Å². The molecular weight excluding hydrogens is 390 g/mol. The van der Waals surface area contributed by atoms with Crippen LogP contribution in [0, 0.1) is 0 Å². The molecule has 2 saturated heterocycles. The lowest BCUT2D eigenvalue weighted by Crippen LogP contribution is -2.50. The molecule has 0 aromatic carbocycles. The van der Waals surface area contributed by atoms with E-state index < -0.39 is 0 Å². The Kier molecular flexibility index (Phi) is 9.09. The molecular formula is C24H41N5O2. The number of furan rings is 1. The van der Waals surface area contributed by atoms with Crippen molar-refractivity contribution in [3.8, 4) is 0 Å². The van der Waals surface area contributed by atoms with E-state index in [1.54, 1.807) is 6.26 Å². The Balaban J connectivity index is 1.22. The topological polar surface area (TPSA) is 65.3 Å². The molecule has 7 nitrogen and oxygen atoms in total. The van der Waals surface area contributed by atoms with Crippen LogP contribution in [0.15, 0.2) is 27.8 Å². The van der Waals surface area contributed by atoms with Gasteiger partial charge in [0.1, 0.15) is 5.76 Å². The van der Waals surface area contributed by atoms with Crippen LogP contribution in [0.2, 0.25) is 0 Å². The summed E-state index contributed by atoms with van der Waals surface area (Å²) in [6.45, 7) is 9.07. The number of ether oxygens (including phenoxy) is 1. The summed E-state index contributed by atoms with van der Waals surface area (Å²) in [4.78, 5) is 10.1. The van der Waals surface area contributed by atoms with Crippen molar-refractivity contribution >= 4 is 5.96 Å². The summed E-state index contributed by atoms with van der Waals surface area (Å²) < 4.78 is 10.9. The fourth-order valence-electron chi connectivity index (χ4n) is 5.09. The largest absolute Gasteiger partial charge is 0.469 e. The van der Waals surface area contributed by atoms with Gasteiger partial charge in [0.25, 0.3) is 0 Å². The SMILES string of the molecule is c1coc(CCNC(=NCCCN2CCOCC2)NC2CCN(C3CCCC3)CC2)c1. The molecule has 0 unspecified atom stereocenters. The van der Waals surface area contributed by atoms with Gasteiger partial charge in [-0.05, 0) is 44.2 Å². The van der Waals surface area contributed by atoms with E-state index in [9.17, 15) is 0 Å². The fourth-order valence-corrected chi connectivity index (χ4v) is 5.09. The lowest BCUT2D eigenvalue weighted by atomic mass is 10.0. The van der Waals surface area contributed by atoms with Gasteiger partial charge in [-0.15, -0.1) is 0 Å². The summed E-state index contributed by atoms with van der Waals surface area (Å²) in [5, 5.41) is 7.28. The van der Waals surface area contributed by atoms with Crippen molar-refractivity contribution in [2.75, 3.05) is 59.0 Å². The Hall–Kier alpha value is -1.57. The zero-order valence-electron chi connectivity index (χ0n) is 19.1. The van der Waals surface area contributed by atoms with Crippen LogP contribution in [0.1, 0.15) is 50.7 Å². The zero-order chi connectivity index (χ0) is 21.1. The van der Waals surface area contributed by atoms with Crippen molar-refractivity contribution in [1.29, 1.82) is 0 Å². The van der Waals surface area contributed by atoms with Crippen molar-refractivity contribution in [2.45, 2.75) is 63.5 Å². The standard InChI is InChI=1S/C24H41N5O2/c1-2-6-22(5-1)29-14-9-21(10-15-29)27-24(26-12-8-23-7-3-18-31-23)25-11-4-13-28-16-19-30-20-17-28/h3,7,18,21-22H,1-2,4-6,8-17,19-20H2,(H2,25,26,27). The first-order valence-corrected chi connectivity index (χ1v) is 12.5. The van der Waals surface area contributed by atoms with Crippen molar-refractivity contribution in [1.82, 2.24) is 20.4 Å². The molecule has 1 aromatic rings. The van der Waals surface area contributed by atoms with Gasteiger partial charge in [0.05, 0.1) is 19.5 Å². The second kappa shape index (κ2) is 12.5. The van der Waals surface area contributed by atoms with Gasteiger partial charge in [-0.2, -0.15) is 0 Å². The van der Waals surface area contributed by atoms with E-state index in [1.807, 2.05) is 12.1 Å². The third-order valence-corrected chi connectivity index (χ3v) is 6.96. The monoisotopic (exact) mass is 431 g/mol. The minimum Gasteiger partial charge on any atom is -0.469 e. The molecule has 1 aliphatic carbocycles. The molecule has 3 aliphatic rings. The van der Waals surface area contributed by atoms with E-state index >= 15 is 0 Å². The van der Waals surface area contributed by atoms with Crippen LogP contribution in [0.3, 0.4) is 0 Å². The first kappa shape index (κ1) is 22.6. The lowest BCUT2D eigenvalue weighted by molar-refractivity contribution is 0.0377. The molecule has 4 rings (SSSR count). The van der Waals surface area contributed by atoms with Crippen LogP contribution in [-0.4, -0.2) is 86.9 Å². The molecule has 31 heavy (non-hydrogen) atoms. The molecule has 3 fully saturated rings. The fraction of sp³-hybridized carbons (Fsp3) is 0.792. The van der Waals surface area contributed by atoms with Gasteiger partial charge in [0.15, 0.2) is 5.96 Å². The molecule has 1 aromatic heterocycles. The summed E-state index contributed by atoms with van der Waals surface area (Å²) in [7, 11) is 0. The third kappa shape index (κ3) is 7.51. The highest BCUT2D eigenvalue weighted by Gasteiger charge is 2.27. The first-order valence-electron chi connectivity index (χ1n) is 12.5. The molecule has 0 spiro atoms. The van der Waals surface area contributed by atoms with Crippen molar-refractivity contribution in [3.63, 3.8) is 0 Å². The number of morpholine rings is 1. The predicted octanol–water partition coefficient (Wildman–Crippen LogP) is 2.49. The number of hydrogen-bond donors (Lipinski definition) is 2. The van der Waals surface area contributed by atoms with Crippen LogP contribution in [0.4, 0.5) is 0 Å². The molecule has 7 heteroatoms. The number of likely N-dealkylation sites (tertiary alicyclic amines) is 1. The number of guanidine groups is 1. The predicted molar refractivity (Wildman–Crippen MR) is 125 cm³/mol. The Bertz CT molecular complexity index is 630. The number of hydrogen-bond acceptors (Lipinski definition) is 5. The van der Waals surface area contributed by atoms with Crippen LogP contribution in [0.25, 0.3) is 0 Å². The van der Waals surface area contributed by atoms with E-state index in [-0.39, 0.29) is 0 Å². The van der Waals surface area contributed by atoms with Gasteiger partial charge >= 0.3 is 0 Å². The molecule has 3 heterocycles. The average molecular weight is 432 g/mol. The second-order valence-electron chi connectivity index (χ2n) is 9.19. The quantitative estimate of drug-likeness (QED) is 0.356. The Morgan fingerprint density at radius 1 is 1.06 bits per heavy atom. The van der Waals surface area contributed by atoms with Crippen LogP contribution in [0.5, 0.6) is 0 Å². The van der Waals surface area contributed by atoms with Gasteiger partial charge in [-0.1, -0.05) is 12.8 Å². The third-order valence-electron chi connectivity index (χ3n) is 6.96. The number of nitrogens with one attached hydrogen (secondary N) is 2. The molecule has 0 bridgehead atoms. The number of piperidine rings is 1. The van der Waals surface area contributed by atoms with Crippen LogP contribution in [-0.2, 0) is 11.2 Å². The molecule has 174 valence electrons. The molecule has 0 amide bonds. The Labute approximate surface area is 187 Å². The van der Waals surface area contributed by atoms with Crippen molar-refractivity contribution in [2.24, 2.45) is 4.99 Å². The Morgan fingerprint density at radius 3 is 2.61 bits per heavy atom. The summed E-state index contributed by atoms with van der Waals surface area (Å²) in [6, 6.07) is 5.35. The summed E-state index contributed by atoms with van der Waals surface area (Å²) in [5.74, 6) is 1.98. The normalized spacial score (nSPS) is 22.8. The van der Waals surface area contributed by atoms with E-state index in [2.05, 4.69) is 20.4 Å². The van der Waals surface area contributed by atoms with Gasteiger partial charge in [0, 0.05) is 64.3 Å². The maximum atomic E-state index is 5.47. The summed E-state index contributed by atoms with van der Waals surface area (Å²) in [6.07, 6.45) is 11.8. The van der Waals surface area contributed by atoms with Crippen LogP contribution >= 0.6 is 0 Å². The highest BCUT2D eigenvalue weighted by molar-refractivity contribution is 5.80. The minimum atomic E-state index is 0.520. The Morgan fingerprint density at radius 2 is 1.87 bits per heavy atom. The summed E-state index contributed by atoms with van der Waals surface area (Å²) in [5.41, 5.74) is 0. The van der Waals surface area contributed by atoms with E-state index in [4.69, 9.17) is 14.1 Å². The highest BCUT2D eigenvalue weighted by Crippen LogP contribution is 2.26. The van der Waals surface area contributed by atoms with E-state index in [0.717, 1.165) is 76.5 Å². The zero-order valence-corrected chi connectivity index (χ0v) is 19.1. The van der Waals surface area contributed by atoms with E-state index in [0.29, 0.717) is 6.04 Å². The number of rotatable bonds is 9. The van der Waals surface area contributed by atoms with Gasteiger partial charge in [-0.3, -0.25) is 9.89 Å². The second-order valence-corrected chi connectivity index (χ2v) is 9.19. The van der Waals surface area contributed by atoms with Crippen molar-refractivity contribution in [3.05, 3.63) is 24.2 Å². The maximum absolute atomic E-state index is 5.47. The summed E-state index contributed by atoms with van der Waals surface area (Å²) >= 11 is 0. The van der Waals surface area contributed by atoms with Crippen molar-refractivity contribution < 1.29 is 9.15 Å². The molecule has 0 radical (unpaired) electrons. The average Bonchev–Trinajstić information content (AvgIpc) is 3.52. The number of nitrogens with zero attached hydrogens (tertiary/aromatic N) is 3. The minimum absolute atomic E-state index is 0.520. The van der Waals surface area contributed by atoms with Gasteiger partial charge < -0.3 is 24.7 Å². The van der Waals surface area contributed by atoms with Crippen LogP contribution < -0.4 is 10.6 Å². The molecule has 2 N–H and O–H groups in total. The molecule has 2 aliphatic heterocycles. The molecule has 1 saturated carbocycles. The maximum Gasteiger partial charge on any atom is 0.191 e. The molecule has 0 atom stereocenters. The van der Waals surface area contributed by atoms with Gasteiger partial charge in [0.2, 0.25) is 0 Å². The highest BCUT2D eigenvalue weighted by atomic mass is 16.5. The lowest BCUT2D eigenvalue weighted by Gasteiger charge is -2.36. The first-order chi connectivity index (χ1) is 15.4. The smallest absolute Gasteiger partial charge is 0.191 e.